The Morgan fingerprint density at radius 1 is 1.29 bits per heavy atom. The lowest BCUT2D eigenvalue weighted by molar-refractivity contribution is -0.151. The van der Waals surface area contributed by atoms with E-state index >= 15 is 0 Å². The molecular formula is C20H28O4. The number of cyclic esters (lactones) is 1. The molecule has 0 aromatic carbocycles. The van der Waals surface area contributed by atoms with Gasteiger partial charge in [-0.1, -0.05) is 26.3 Å². The summed E-state index contributed by atoms with van der Waals surface area (Å²) in [7, 11) is 0. The lowest BCUT2D eigenvalue weighted by atomic mass is 9.47. The Balaban J connectivity index is 1.86. The van der Waals surface area contributed by atoms with Crippen LogP contribution < -0.4 is 0 Å². The molecule has 1 aliphatic heterocycles. The highest BCUT2D eigenvalue weighted by molar-refractivity contribution is 5.92. The quantitative estimate of drug-likeness (QED) is 0.803. The van der Waals surface area contributed by atoms with Crippen LogP contribution in [0.15, 0.2) is 23.3 Å². The molecule has 0 aromatic rings. The highest BCUT2D eigenvalue weighted by Gasteiger charge is 2.54. The largest absolute Gasteiger partial charge is 0.429 e. The van der Waals surface area contributed by atoms with Gasteiger partial charge in [0.2, 0.25) is 6.29 Å². The van der Waals surface area contributed by atoms with E-state index in [1.165, 1.54) is 11.6 Å². The molecule has 1 saturated carbocycles. The summed E-state index contributed by atoms with van der Waals surface area (Å²) in [4.78, 5) is 23.5. The maximum atomic E-state index is 12.2. The van der Waals surface area contributed by atoms with E-state index in [4.69, 9.17) is 4.74 Å². The topological polar surface area (TPSA) is 63.6 Å². The van der Waals surface area contributed by atoms with Gasteiger partial charge in [0.05, 0.1) is 0 Å². The molecule has 1 unspecified atom stereocenters. The molecule has 5 atom stereocenters. The molecule has 132 valence electrons. The molecule has 0 bridgehead atoms. The minimum atomic E-state index is -1.10. The van der Waals surface area contributed by atoms with Crippen LogP contribution in [0.5, 0.6) is 0 Å². The second kappa shape index (κ2) is 5.83. The van der Waals surface area contributed by atoms with Crippen molar-refractivity contribution in [2.75, 3.05) is 0 Å². The average Bonchev–Trinajstić information content (AvgIpc) is 2.83. The first-order chi connectivity index (χ1) is 11.2. The number of carbonyl (C=O) groups is 2. The predicted octanol–water partition coefficient (Wildman–Crippen LogP) is 3.55. The Kier molecular flexibility index (Phi) is 4.23. The van der Waals surface area contributed by atoms with E-state index < -0.39 is 12.3 Å². The smallest absolute Gasteiger partial charge is 0.333 e. The summed E-state index contributed by atoms with van der Waals surface area (Å²) >= 11 is 0. The second-order valence-corrected chi connectivity index (χ2v) is 8.42. The monoisotopic (exact) mass is 332 g/mol. The van der Waals surface area contributed by atoms with Crippen molar-refractivity contribution in [3.8, 4) is 0 Å². The van der Waals surface area contributed by atoms with Gasteiger partial charge in [0.1, 0.15) is 0 Å². The lowest BCUT2D eigenvalue weighted by Gasteiger charge is -2.57. The number of carbonyl (C=O) groups excluding carboxylic acids is 2. The third-order valence-corrected chi connectivity index (χ3v) is 7.27. The van der Waals surface area contributed by atoms with Gasteiger partial charge in [0.25, 0.3) is 0 Å². The molecule has 1 fully saturated rings. The van der Waals surface area contributed by atoms with Gasteiger partial charge in [0.15, 0.2) is 5.78 Å². The number of aliphatic hydroxyl groups excluding tert-OH is 1. The Morgan fingerprint density at radius 3 is 2.62 bits per heavy atom. The summed E-state index contributed by atoms with van der Waals surface area (Å²) in [6.07, 6.45) is 6.51. The Labute approximate surface area is 144 Å². The Hall–Kier alpha value is -1.42. The summed E-state index contributed by atoms with van der Waals surface area (Å²) in [5, 5.41) is 9.83. The molecule has 4 heteroatoms. The van der Waals surface area contributed by atoms with Crippen molar-refractivity contribution in [1.29, 1.82) is 0 Å². The number of aliphatic hydroxyl groups is 1. The van der Waals surface area contributed by atoms with E-state index in [0.717, 1.165) is 19.3 Å². The van der Waals surface area contributed by atoms with Crippen LogP contribution in [0.4, 0.5) is 0 Å². The SMILES string of the molecule is CC1=CC(=O)C[C@@H]2[C@@](C)(CCC3=CC(=O)OC3O)[C@H](C)CC[C@@]12C. The normalized spacial score (nSPS) is 42.3. The van der Waals surface area contributed by atoms with Crippen molar-refractivity contribution in [2.45, 2.75) is 66.1 Å². The van der Waals surface area contributed by atoms with Crippen LogP contribution in [0.2, 0.25) is 0 Å². The maximum absolute atomic E-state index is 12.2. The van der Waals surface area contributed by atoms with E-state index in [0.29, 0.717) is 30.3 Å². The molecule has 24 heavy (non-hydrogen) atoms. The molecule has 0 saturated heterocycles. The first-order valence-corrected chi connectivity index (χ1v) is 8.97. The molecule has 0 spiro atoms. The summed E-state index contributed by atoms with van der Waals surface area (Å²) < 4.78 is 4.79. The third-order valence-electron chi connectivity index (χ3n) is 7.27. The van der Waals surface area contributed by atoms with E-state index in [1.54, 1.807) is 0 Å². The maximum Gasteiger partial charge on any atom is 0.333 e. The predicted molar refractivity (Wildman–Crippen MR) is 90.9 cm³/mol. The number of hydrogen-bond acceptors (Lipinski definition) is 4. The molecular weight excluding hydrogens is 304 g/mol. The van der Waals surface area contributed by atoms with E-state index in [2.05, 4.69) is 27.7 Å². The highest BCUT2D eigenvalue weighted by Crippen LogP contribution is 2.61. The van der Waals surface area contributed by atoms with Crippen molar-refractivity contribution in [3.63, 3.8) is 0 Å². The first kappa shape index (κ1) is 17.4. The van der Waals surface area contributed by atoms with E-state index in [9.17, 15) is 14.7 Å². The Morgan fingerprint density at radius 2 is 2.00 bits per heavy atom. The number of rotatable bonds is 3. The van der Waals surface area contributed by atoms with Crippen LogP contribution in [0.25, 0.3) is 0 Å². The second-order valence-electron chi connectivity index (χ2n) is 8.42. The minimum absolute atomic E-state index is 0.00434. The van der Waals surface area contributed by atoms with Crippen LogP contribution in [-0.2, 0) is 14.3 Å². The van der Waals surface area contributed by atoms with Gasteiger partial charge in [-0.15, -0.1) is 0 Å². The van der Waals surface area contributed by atoms with E-state index in [-0.39, 0.29) is 16.6 Å². The molecule has 0 aromatic heterocycles. The van der Waals surface area contributed by atoms with Gasteiger partial charge in [-0.25, -0.2) is 4.79 Å². The molecule has 3 rings (SSSR count). The molecule has 3 aliphatic rings. The number of ether oxygens (including phenoxy) is 1. The van der Waals surface area contributed by atoms with Crippen LogP contribution in [0.3, 0.4) is 0 Å². The van der Waals surface area contributed by atoms with Crippen LogP contribution in [0.1, 0.15) is 59.8 Å². The fourth-order valence-corrected chi connectivity index (χ4v) is 5.16. The molecule has 0 radical (unpaired) electrons. The third kappa shape index (κ3) is 2.65. The number of allylic oxidation sites excluding steroid dienone is 2. The summed E-state index contributed by atoms with van der Waals surface area (Å²) in [6.45, 7) is 8.96. The van der Waals surface area contributed by atoms with Gasteiger partial charge < -0.3 is 9.84 Å². The zero-order valence-electron chi connectivity index (χ0n) is 15.1. The number of hydrogen-bond donors (Lipinski definition) is 1. The summed E-state index contributed by atoms with van der Waals surface area (Å²) in [6, 6.07) is 0. The van der Waals surface area contributed by atoms with Gasteiger partial charge >= 0.3 is 5.97 Å². The van der Waals surface area contributed by atoms with Gasteiger partial charge in [0, 0.05) is 18.1 Å². The molecule has 2 aliphatic carbocycles. The highest BCUT2D eigenvalue weighted by atomic mass is 16.6. The Bertz CT molecular complexity index is 632. The van der Waals surface area contributed by atoms with Crippen LogP contribution in [0, 0.1) is 22.7 Å². The minimum Gasteiger partial charge on any atom is -0.429 e. The van der Waals surface area contributed by atoms with Crippen molar-refractivity contribution in [2.24, 2.45) is 22.7 Å². The standard InChI is InChI=1S/C20H28O4/c1-12-5-7-20(4)13(2)9-15(21)11-16(20)19(12,3)8-6-14-10-17(22)24-18(14)23/h9-10,12,16,18,23H,5-8,11H2,1-4H3/t12-,16-,18?,19+,20+/m1/s1. The number of fused-ring (bicyclic) bond motifs is 1. The van der Waals surface area contributed by atoms with Gasteiger partial charge in [-0.05, 0) is 61.3 Å². The first-order valence-electron chi connectivity index (χ1n) is 8.97. The fourth-order valence-electron chi connectivity index (χ4n) is 5.16. The average molecular weight is 332 g/mol. The number of ketones is 1. The van der Waals surface area contributed by atoms with Crippen LogP contribution >= 0.6 is 0 Å². The van der Waals surface area contributed by atoms with Crippen molar-refractivity contribution < 1.29 is 19.4 Å². The van der Waals surface area contributed by atoms with Crippen molar-refractivity contribution >= 4 is 11.8 Å². The molecule has 0 amide bonds. The molecule has 1 N–H and O–H groups in total. The van der Waals surface area contributed by atoms with Crippen molar-refractivity contribution in [3.05, 3.63) is 23.3 Å². The summed E-state index contributed by atoms with van der Waals surface area (Å²) in [5.74, 6) is 0.580. The van der Waals surface area contributed by atoms with Gasteiger partial charge in [-0.3, -0.25) is 4.79 Å². The number of esters is 1. The van der Waals surface area contributed by atoms with E-state index in [1.807, 2.05) is 6.08 Å². The lowest BCUT2D eigenvalue weighted by Crippen LogP contribution is -2.51. The van der Waals surface area contributed by atoms with Crippen LogP contribution in [-0.4, -0.2) is 23.1 Å². The molecule has 4 nitrogen and oxygen atoms in total. The zero-order chi connectivity index (χ0) is 17.7. The van der Waals surface area contributed by atoms with Gasteiger partial charge in [-0.2, -0.15) is 0 Å². The van der Waals surface area contributed by atoms with Crippen molar-refractivity contribution in [1.82, 2.24) is 0 Å². The summed E-state index contributed by atoms with van der Waals surface area (Å²) in [5.41, 5.74) is 1.95. The fraction of sp³-hybridized carbons (Fsp3) is 0.700. The molecule has 1 heterocycles. The zero-order valence-corrected chi connectivity index (χ0v) is 15.1.